The van der Waals surface area contributed by atoms with E-state index in [0.29, 0.717) is 0 Å². The predicted molar refractivity (Wildman–Crippen MR) is 43.0 cm³/mol. The van der Waals surface area contributed by atoms with Crippen LogP contribution in [0.4, 0.5) is 0 Å². The first kappa shape index (κ1) is 9.99. The van der Waals surface area contributed by atoms with Crippen LogP contribution in [-0.2, 0) is 0 Å². The normalized spacial score (nSPS) is 22.1. The van der Waals surface area contributed by atoms with E-state index < -0.39 is 0 Å². The Labute approximate surface area is 99.6 Å². The Bertz CT molecular complexity index is 50.5. The Kier molecular flexibility index (Phi) is 7.17. The predicted octanol–water partition coefficient (Wildman–Crippen LogP) is 1.60. The summed E-state index contributed by atoms with van der Waals surface area (Å²) in [6, 6.07) is 0. The third kappa shape index (κ3) is 3.91. The zero-order chi connectivity index (χ0) is 5.11. The van der Waals surface area contributed by atoms with Gasteiger partial charge in [-0.05, 0) is 12.8 Å². The van der Waals surface area contributed by atoms with E-state index in [4.69, 9.17) is 0 Å². The van der Waals surface area contributed by atoms with Crippen molar-refractivity contribution in [2.45, 2.75) is 37.4 Å². The van der Waals surface area contributed by atoms with Crippen LogP contribution in [0.2, 0.25) is 0 Å². The SMILES string of the molecule is SC1CCCCC1.[KH]. The fourth-order valence-corrected chi connectivity index (χ4v) is 1.45. The van der Waals surface area contributed by atoms with E-state index in [0.717, 1.165) is 5.25 Å². The van der Waals surface area contributed by atoms with Gasteiger partial charge < -0.3 is 0 Å². The first-order valence-corrected chi connectivity index (χ1v) is 3.59. The maximum absolute atomic E-state index is 4.36. The van der Waals surface area contributed by atoms with Crippen LogP contribution in [0.25, 0.3) is 0 Å². The fraction of sp³-hybridized carbons (Fsp3) is 1.00. The second-order valence-corrected chi connectivity index (χ2v) is 3.02. The molecule has 8 heavy (non-hydrogen) atoms. The molecule has 1 fully saturated rings. The van der Waals surface area contributed by atoms with Crippen LogP contribution in [0.1, 0.15) is 32.1 Å². The van der Waals surface area contributed by atoms with Crippen molar-refractivity contribution in [3.8, 4) is 0 Å². The van der Waals surface area contributed by atoms with Crippen LogP contribution in [-0.4, -0.2) is 56.6 Å². The van der Waals surface area contributed by atoms with Crippen molar-refractivity contribution in [3.63, 3.8) is 0 Å². The average molecular weight is 156 g/mol. The van der Waals surface area contributed by atoms with Gasteiger partial charge in [0.15, 0.2) is 0 Å². The quantitative estimate of drug-likeness (QED) is 0.400. The summed E-state index contributed by atoms with van der Waals surface area (Å²) in [6.45, 7) is 0. The molecule has 0 radical (unpaired) electrons. The number of hydrogen-bond acceptors (Lipinski definition) is 1. The molecule has 44 valence electrons. The molecule has 0 amide bonds. The summed E-state index contributed by atoms with van der Waals surface area (Å²) in [4.78, 5) is 0. The van der Waals surface area contributed by atoms with Crippen LogP contribution in [0.5, 0.6) is 0 Å². The van der Waals surface area contributed by atoms with Gasteiger partial charge in [-0.15, -0.1) is 0 Å². The summed E-state index contributed by atoms with van der Waals surface area (Å²) >= 11 is 4.36. The molecule has 0 spiro atoms. The minimum absolute atomic E-state index is 0. The number of thiol groups is 1. The monoisotopic (exact) mass is 156 g/mol. The van der Waals surface area contributed by atoms with E-state index in [9.17, 15) is 0 Å². The molecule has 0 aromatic carbocycles. The topological polar surface area (TPSA) is 0 Å². The van der Waals surface area contributed by atoms with Crippen LogP contribution in [0.15, 0.2) is 0 Å². The molecule has 0 aromatic rings. The first-order valence-electron chi connectivity index (χ1n) is 3.07. The van der Waals surface area contributed by atoms with Crippen molar-refractivity contribution < 1.29 is 0 Å². The zero-order valence-electron chi connectivity index (χ0n) is 4.56. The van der Waals surface area contributed by atoms with E-state index in [-0.39, 0.29) is 51.4 Å². The summed E-state index contributed by atoms with van der Waals surface area (Å²) in [5, 5.41) is 0.730. The molecule has 0 bridgehead atoms. The maximum atomic E-state index is 4.36. The molecule has 0 atom stereocenters. The van der Waals surface area contributed by atoms with Crippen molar-refractivity contribution in [1.29, 1.82) is 0 Å². The van der Waals surface area contributed by atoms with Gasteiger partial charge in [-0.1, -0.05) is 19.3 Å². The van der Waals surface area contributed by atoms with Gasteiger partial charge in [-0.3, -0.25) is 0 Å². The molecule has 0 unspecified atom stereocenters. The Balaban J connectivity index is 0.000000490. The van der Waals surface area contributed by atoms with Crippen LogP contribution < -0.4 is 0 Å². The van der Waals surface area contributed by atoms with Gasteiger partial charge in [0.05, 0.1) is 0 Å². The summed E-state index contributed by atoms with van der Waals surface area (Å²) in [7, 11) is 0. The molecule has 2 heteroatoms. The van der Waals surface area contributed by atoms with Crippen LogP contribution >= 0.6 is 12.6 Å². The van der Waals surface area contributed by atoms with Gasteiger partial charge in [-0.2, -0.15) is 12.6 Å². The summed E-state index contributed by atoms with van der Waals surface area (Å²) in [5.74, 6) is 0. The van der Waals surface area contributed by atoms with Crippen molar-refractivity contribution in [2.24, 2.45) is 0 Å². The van der Waals surface area contributed by atoms with E-state index in [2.05, 4.69) is 12.6 Å². The number of rotatable bonds is 0. The summed E-state index contributed by atoms with van der Waals surface area (Å²) in [6.07, 6.45) is 6.96. The molecule has 1 saturated carbocycles. The van der Waals surface area contributed by atoms with Gasteiger partial charge in [0.1, 0.15) is 0 Å². The third-order valence-corrected chi connectivity index (χ3v) is 2.09. The van der Waals surface area contributed by atoms with Crippen molar-refractivity contribution >= 4 is 64.0 Å². The van der Waals surface area contributed by atoms with Crippen LogP contribution in [0, 0.1) is 0 Å². The molecule has 0 aromatic heterocycles. The number of hydrogen-bond donors (Lipinski definition) is 1. The van der Waals surface area contributed by atoms with Gasteiger partial charge >= 0.3 is 51.4 Å². The molecule has 0 saturated heterocycles. The Morgan fingerprint density at radius 2 is 1.50 bits per heavy atom. The van der Waals surface area contributed by atoms with E-state index in [1.165, 1.54) is 32.1 Å². The second-order valence-electron chi connectivity index (χ2n) is 2.29. The second kappa shape index (κ2) is 5.75. The minimum atomic E-state index is 0. The average Bonchev–Trinajstić information content (AvgIpc) is 1.69. The van der Waals surface area contributed by atoms with E-state index in [1.54, 1.807) is 0 Å². The molecule has 0 heterocycles. The van der Waals surface area contributed by atoms with Gasteiger partial charge in [0.2, 0.25) is 0 Å². The Morgan fingerprint density at radius 1 is 1.00 bits per heavy atom. The first-order chi connectivity index (χ1) is 3.39. The molecule has 1 rings (SSSR count). The standard InChI is InChI=1S/C6H12S.K.H/c7-6-4-2-1-3-5-6;;/h6-7H,1-5H2;;. The van der Waals surface area contributed by atoms with Crippen molar-refractivity contribution in [2.75, 3.05) is 0 Å². The molecule has 0 nitrogen and oxygen atoms in total. The van der Waals surface area contributed by atoms with Crippen molar-refractivity contribution in [3.05, 3.63) is 0 Å². The third-order valence-electron chi connectivity index (χ3n) is 1.57. The van der Waals surface area contributed by atoms with Crippen molar-refractivity contribution in [1.82, 2.24) is 0 Å². The van der Waals surface area contributed by atoms with E-state index in [1.807, 2.05) is 0 Å². The fourth-order valence-electron chi connectivity index (χ4n) is 1.08. The summed E-state index contributed by atoms with van der Waals surface area (Å²) in [5.41, 5.74) is 0. The Morgan fingerprint density at radius 3 is 1.75 bits per heavy atom. The summed E-state index contributed by atoms with van der Waals surface area (Å²) < 4.78 is 0. The van der Waals surface area contributed by atoms with Gasteiger partial charge in [-0.25, -0.2) is 0 Å². The molecular formula is C6H13KS. The molecule has 0 N–H and O–H groups in total. The molecule has 1 aliphatic carbocycles. The molecule has 1 aliphatic rings. The zero-order valence-corrected chi connectivity index (χ0v) is 5.45. The van der Waals surface area contributed by atoms with Gasteiger partial charge in [0, 0.05) is 5.25 Å². The molecule has 0 aliphatic heterocycles. The van der Waals surface area contributed by atoms with E-state index >= 15 is 0 Å². The Hall–Kier alpha value is 1.99. The van der Waals surface area contributed by atoms with Crippen LogP contribution in [0.3, 0.4) is 0 Å². The van der Waals surface area contributed by atoms with Gasteiger partial charge in [0.25, 0.3) is 0 Å². The molecular weight excluding hydrogens is 143 g/mol.